The van der Waals surface area contributed by atoms with E-state index in [2.05, 4.69) is 4.98 Å². The van der Waals surface area contributed by atoms with Crippen LogP contribution in [0.2, 0.25) is 0 Å². The lowest BCUT2D eigenvalue weighted by Crippen LogP contribution is -2.44. The molecule has 0 radical (unpaired) electrons. The first-order chi connectivity index (χ1) is 9.99. The average molecular weight is 298 g/mol. The number of halogens is 2. The number of amides is 1. The molecule has 1 fully saturated rings. The monoisotopic (exact) mass is 298 g/mol. The molecule has 1 aliphatic rings. The Labute approximate surface area is 120 Å². The molecule has 1 unspecified atom stereocenters. The molecule has 0 bridgehead atoms. The van der Waals surface area contributed by atoms with Crippen LogP contribution in [0.3, 0.4) is 0 Å². The molecule has 1 saturated heterocycles. The summed E-state index contributed by atoms with van der Waals surface area (Å²) in [6, 6.07) is 0.379. The maximum absolute atomic E-state index is 13.7. The molecule has 1 aromatic heterocycles. The zero-order valence-corrected chi connectivity index (χ0v) is 11.4. The topological polar surface area (TPSA) is 70.5 Å². The van der Waals surface area contributed by atoms with Crippen molar-refractivity contribution in [2.45, 2.75) is 38.1 Å². The van der Waals surface area contributed by atoms with Gasteiger partial charge in [-0.25, -0.2) is 13.8 Å². The van der Waals surface area contributed by atoms with Gasteiger partial charge in [-0.05, 0) is 25.7 Å². The van der Waals surface area contributed by atoms with Crippen molar-refractivity contribution in [3.05, 3.63) is 29.6 Å². The standard InChI is InChI=1S/C14H16F2N2O3/c15-9-7-11(16)13(17-8-9)14(21)18-6-2-1-3-10(18)4-5-12(19)20/h7-8,10H,1-6H2,(H,19,20). The fourth-order valence-corrected chi connectivity index (χ4v) is 2.57. The average Bonchev–Trinajstić information content (AvgIpc) is 2.45. The Morgan fingerprint density at radius 3 is 2.81 bits per heavy atom. The van der Waals surface area contributed by atoms with Gasteiger partial charge in [0.15, 0.2) is 11.5 Å². The number of hydrogen-bond acceptors (Lipinski definition) is 3. The molecular weight excluding hydrogens is 282 g/mol. The summed E-state index contributed by atoms with van der Waals surface area (Å²) in [5.74, 6) is -3.38. The molecule has 2 rings (SSSR count). The molecule has 114 valence electrons. The summed E-state index contributed by atoms with van der Waals surface area (Å²) < 4.78 is 26.5. The van der Waals surface area contributed by atoms with Crippen LogP contribution in [0, 0.1) is 11.6 Å². The number of piperidine rings is 1. The van der Waals surface area contributed by atoms with Gasteiger partial charge in [-0.1, -0.05) is 0 Å². The van der Waals surface area contributed by atoms with Crippen molar-refractivity contribution in [2.75, 3.05) is 6.54 Å². The van der Waals surface area contributed by atoms with Gasteiger partial charge in [-0.3, -0.25) is 9.59 Å². The molecule has 5 nitrogen and oxygen atoms in total. The predicted molar refractivity (Wildman–Crippen MR) is 69.7 cm³/mol. The Kier molecular flexibility index (Phi) is 4.82. The first kappa shape index (κ1) is 15.3. The molecule has 1 aromatic rings. The smallest absolute Gasteiger partial charge is 0.303 e. The van der Waals surface area contributed by atoms with E-state index in [1.54, 1.807) is 0 Å². The third kappa shape index (κ3) is 3.74. The van der Waals surface area contributed by atoms with E-state index in [4.69, 9.17) is 5.11 Å². The number of carboxylic acid groups (broad SMARTS) is 1. The van der Waals surface area contributed by atoms with Crippen LogP contribution in [0.5, 0.6) is 0 Å². The molecule has 0 aromatic carbocycles. The Morgan fingerprint density at radius 2 is 2.14 bits per heavy atom. The molecule has 0 spiro atoms. The van der Waals surface area contributed by atoms with Crippen LogP contribution >= 0.6 is 0 Å². The number of aliphatic carboxylic acids is 1. The molecule has 1 N–H and O–H groups in total. The second-order valence-corrected chi connectivity index (χ2v) is 5.06. The first-order valence-corrected chi connectivity index (χ1v) is 6.83. The minimum Gasteiger partial charge on any atom is -0.481 e. The molecule has 0 aliphatic carbocycles. The van der Waals surface area contributed by atoms with E-state index < -0.39 is 29.2 Å². The minimum absolute atomic E-state index is 0.0478. The van der Waals surface area contributed by atoms with Crippen molar-refractivity contribution in [1.82, 2.24) is 9.88 Å². The van der Waals surface area contributed by atoms with Crippen LogP contribution in [-0.2, 0) is 4.79 Å². The molecule has 1 amide bonds. The second kappa shape index (κ2) is 6.60. The summed E-state index contributed by atoms with van der Waals surface area (Å²) in [6.07, 6.45) is 3.43. The lowest BCUT2D eigenvalue weighted by atomic mass is 9.97. The zero-order chi connectivity index (χ0) is 15.4. The number of rotatable bonds is 4. The van der Waals surface area contributed by atoms with Crippen molar-refractivity contribution in [2.24, 2.45) is 0 Å². The van der Waals surface area contributed by atoms with E-state index in [9.17, 15) is 18.4 Å². The third-order valence-electron chi connectivity index (χ3n) is 3.59. The summed E-state index contributed by atoms with van der Waals surface area (Å²) in [4.78, 5) is 28.0. The van der Waals surface area contributed by atoms with Gasteiger partial charge in [-0.2, -0.15) is 0 Å². The normalized spacial score (nSPS) is 18.6. The molecule has 0 saturated carbocycles. The maximum Gasteiger partial charge on any atom is 0.303 e. The van der Waals surface area contributed by atoms with E-state index in [-0.39, 0.29) is 12.5 Å². The fourth-order valence-electron chi connectivity index (χ4n) is 2.57. The number of likely N-dealkylation sites (tertiary alicyclic amines) is 1. The Morgan fingerprint density at radius 1 is 1.38 bits per heavy atom. The Hall–Kier alpha value is -2.05. The molecular formula is C14H16F2N2O3. The van der Waals surface area contributed by atoms with Crippen molar-refractivity contribution >= 4 is 11.9 Å². The van der Waals surface area contributed by atoms with Gasteiger partial charge in [0.25, 0.3) is 5.91 Å². The number of aromatic nitrogens is 1. The second-order valence-electron chi connectivity index (χ2n) is 5.06. The fraction of sp³-hybridized carbons (Fsp3) is 0.500. The Bertz CT molecular complexity index is 551. The first-order valence-electron chi connectivity index (χ1n) is 6.83. The van der Waals surface area contributed by atoms with Gasteiger partial charge in [0, 0.05) is 25.1 Å². The SMILES string of the molecule is O=C(O)CCC1CCCCN1C(=O)c1ncc(F)cc1F. The number of pyridine rings is 1. The molecule has 1 atom stereocenters. The predicted octanol–water partition coefficient (Wildman–Crippen LogP) is 2.22. The van der Waals surface area contributed by atoms with Gasteiger partial charge in [-0.15, -0.1) is 0 Å². The third-order valence-corrected chi connectivity index (χ3v) is 3.59. The van der Waals surface area contributed by atoms with Crippen LogP contribution in [0.25, 0.3) is 0 Å². The molecule has 1 aliphatic heterocycles. The minimum atomic E-state index is -0.998. The van der Waals surface area contributed by atoms with Gasteiger partial charge < -0.3 is 10.0 Å². The Balaban J connectivity index is 2.16. The number of carbonyl (C=O) groups excluding carboxylic acids is 1. The van der Waals surface area contributed by atoms with Crippen LogP contribution in [-0.4, -0.2) is 39.5 Å². The highest BCUT2D eigenvalue weighted by molar-refractivity contribution is 5.92. The lowest BCUT2D eigenvalue weighted by molar-refractivity contribution is -0.137. The van der Waals surface area contributed by atoms with Crippen molar-refractivity contribution < 1.29 is 23.5 Å². The van der Waals surface area contributed by atoms with Crippen molar-refractivity contribution in [3.63, 3.8) is 0 Å². The highest BCUT2D eigenvalue weighted by atomic mass is 19.1. The largest absolute Gasteiger partial charge is 0.481 e. The van der Waals surface area contributed by atoms with Crippen LogP contribution in [0.1, 0.15) is 42.6 Å². The van der Waals surface area contributed by atoms with E-state index in [0.717, 1.165) is 19.0 Å². The lowest BCUT2D eigenvalue weighted by Gasteiger charge is -2.35. The highest BCUT2D eigenvalue weighted by Gasteiger charge is 2.30. The number of carbonyl (C=O) groups is 2. The molecule has 7 heteroatoms. The molecule has 21 heavy (non-hydrogen) atoms. The van der Waals surface area contributed by atoms with Crippen LogP contribution in [0.15, 0.2) is 12.3 Å². The van der Waals surface area contributed by atoms with E-state index in [1.807, 2.05) is 0 Å². The summed E-state index contributed by atoms with van der Waals surface area (Å²) in [7, 11) is 0. The maximum atomic E-state index is 13.7. The summed E-state index contributed by atoms with van der Waals surface area (Å²) >= 11 is 0. The van der Waals surface area contributed by atoms with E-state index in [1.165, 1.54) is 4.90 Å². The van der Waals surface area contributed by atoms with Crippen LogP contribution < -0.4 is 0 Å². The van der Waals surface area contributed by atoms with Crippen molar-refractivity contribution in [3.8, 4) is 0 Å². The highest BCUT2D eigenvalue weighted by Crippen LogP contribution is 2.23. The van der Waals surface area contributed by atoms with Gasteiger partial charge in [0.05, 0.1) is 6.20 Å². The van der Waals surface area contributed by atoms with Gasteiger partial charge in [0.1, 0.15) is 5.82 Å². The van der Waals surface area contributed by atoms with E-state index in [0.29, 0.717) is 25.5 Å². The zero-order valence-electron chi connectivity index (χ0n) is 11.4. The number of carboxylic acids is 1. The van der Waals surface area contributed by atoms with Gasteiger partial charge in [0.2, 0.25) is 0 Å². The van der Waals surface area contributed by atoms with Crippen LogP contribution in [0.4, 0.5) is 8.78 Å². The van der Waals surface area contributed by atoms with Crippen molar-refractivity contribution in [1.29, 1.82) is 0 Å². The van der Waals surface area contributed by atoms with E-state index >= 15 is 0 Å². The number of hydrogen-bond donors (Lipinski definition) is 1. The summed E-state index contributed by atoms with van der Waals surface area (Å²) in [5, 5.41) is 8.74. The number of nitrogens with zero attached hydrogens (tertiary/aromatic N) is 2. The molecule has 2 heterocycles. The quantitative estimate of drug-likeness (QED) is 0.925. The summed E-state index contributed by atoms with van der Waals surface area (Å²) in [6.45, 7) is 0.432. The summed E-state index contributed by atoms with van der Waals surface area (Å²) in [5.41, 5.74) is -0.418. The van der Waals surface area contributed by atoms with Gasteiger partial charge >= 0.3 is 5.97 Å².